The fourth-order valence-electron chi connectivity index (χ4n) is 1.02. The number of carbonyl (C=O) groups excluding carboxylic acids is 1. The van der Waals surface area contributed by atoms with Gasteiger partial charge in [-0.1, -0.05) is 18.5 Å². The van der Waals surface area contributed by atoms with Crippen molar-refractivity contribution in [3.05, 3.63) is 27.7 Å². The molecule has 0 radical (unpaired) electrons. The van der Waals surface area contributed by atoms with Gasteiger partial charge in [-0.05, 0) is 40.7 Å². The summed E-state index contributed by atoms with van der Waals surface area (Å²) >= 11 is 9.17. The summed E-state index contributed by atoms with van der Waals surface area (Å²) in [7, 11) is 0. The van der Waals surface area contributed by atoms with Crippen molar-refractivity contribution in [2.75, 3.05) is 18.4 Å². The molecule has 0 heterocycles. The molecule has 0 aliphatic carbocycles. The Balaban J connectivity index is 2.57. The van der Waals surface area contributed by atoms with Crippen LogP contribution < -0.4 is 10.6 Å². The van der Waals surface area contributed by atoms with Crippen LogP contribution in [0.5, 0.6) is 0 Å². The second-order valence-electron chi connectivity index (χ2n) is 2.96. The van der Waals surface area contributed by atoms with Crippen molar-refractivity contribution in [1.82, 2.24) is 5.32 Å². The third-order valence-electron chi connectivity index (χ3n) is 1.74. The highest BCUT2D eigenvalue weighted by Crippen LogP contribution is 2.25. The van der Waals surface area contributed by atoms with Gasteiger partial charge in [0.2, 0.25) is 5.91 Å². The van der Waals surface area contributed by atoms with Crippen LogP contribution in [0, 0.1) is 0 Å². The highest BCUT2D eigenvalue weighted by atomic mass is 79.9. The zero-order valence-electron chi connectivity index (χ0n) is 8.31. The summed E-state index contributed by atoms with van der Waals surface area (Å²) in [4.78, 5) is 11.3. The molecule has 1 aromatic carbocycles. The predicted octanol–water partition coefficient (Wildman–Crippen LogP) is 2.65. The third-order valence-corrected chi connectivity index (χ3v) is 2.97. The highest BCUT2D eigenvalue weighted by Gasteiger charge is 2.03. The summed E-state index contributed by atoms with van der Waals surface area (Å²) in [5, 5.41) is 6.26. The maximum Gasteiger partial charge on any atom is 0.238 e. The van der Waals surface area contributed by atoms with Gasteiger partial charge in [-0.25, -0.2) is 0 Å². The van der Waals surface area contributed by atoms with E-state index < -0.39 is 0 Å². The van der Waals surface area contributed by atoms with Crippen LogP contribution in [0.25, 0.3) is 0 Å². The molecule has 0 aliphatic rings. The van der Waals surface area contributed by atoms with Crippen molar-refractivity contribution >= 4 is 39.1 Å². The van der Waals surface area contributed by atoms with Gasteiger partial charge in [-0.3, -0.25) is 4.79 Å². The average molecular weight is 292 g/mol. The lowest BCUT2D eigenvalue weighted by Crippen LogP contribution is -2.27. The summed E-state index contributed by atoms with van der Waals surface area (Å²) in [5.41, 5.74) is 0.700. The topological polar surface area (TPSA) is 41.1 Å². The number of carbonyl (C=O) groups is 1. The molecule has 0 aliphatic heterocycles. The smallest absolute Gasteiger partial charge is 0.238 e. The Morgan fingerprint density at radius 2 is 2.27 bits per heavy atom. The first-order valence-electron chi connectivity index (χ1n) is 4.59. The van der Waals surface area contributed by atoms with E-state index in [1.807, 2.05) is 6.92 Å². The molecule has 82 valence electrons. The van der Waals surface area contributed by atoms with Gasteiger partial charge in [0.1, 0.15) is 0 Å². The minimum Gasteiger partial charge on any atom is -0.325 e. The molecule has 0 unspecified atom stereocenters. The van der Waals surface area contributed by atoms with Gasteiger partial charge in [0.05, 0.1) is 11.6 Å². The van der Waals surface area contributed by atoms with E-state index in [4.69, 9.17) is 11.6 Å². The molecule has 0 aromatic heterocycles. The number of hydrogen-bond donors (Lipinski definition) is 2. The van der Waals surface area contributed by atoms with Crippen LogP contribution in [0.1, 0.15) is 6.92 Å². The number of likely N-dealkylation sites (N-methyl/N-ethyl adjacent to an activating group) is 1. The van der Waals surface area contributed by atoms with Gasteiger partial charge in [0.15, 0.2) is 0 Å². The largest absolute Gasteiger partial charge is 0.325 e. The quantitative estimate of drug-likeness (QED) is 0.895. The molecule has 0 spiro atoms. The first kappa shape index (κ1) is 12.5. The Bertz CT molecular complexity index is 357. The van der Waals surface area contributed by atoms with Gasteiger partial charge in [-0.15, -0.1) is 0 Å². The van der Waals surface area contributed by atoms with E-state index in [1.54, 1.807) is 18.2 Å². The highest BCUT2D eigenvalue weighted by molar-refractivity contribution is 9.10. The van der Waals surface area contributed by atoms with Crippen molar-refractivity contribution in [2.45, 2.75) is 6.92 Å². The Hall–Kier alpha value is -0.580. The summed E-state index contributed by atoms with van der Waals surface area (Å²) in [5.74, 6) is -0.0739. The number of halogens is 2. The standard InChI is InChI=1S/C10H12BrClN2O/c1-2-13-6-10(15)14-7-3-4-8(11)9(12)5-7/h3-5,13H,2,6H2,1H3,(H,14,15). The van der Waals surface area contributed by atoms with Crippen LogP contribution in [0.3, 0.4) is 0 Å². The first-order valence-corrected chi connectivity index (χ1v) is 5.76. The lowest BCUT2D eigenvalue weighted by Gasteiger charge is -2.06. The summed E-state index contributed by atoms with van der Waals surface area (Å²) < 4.78 is 0.814. The molecular weight excluding hydrogens is 279 g/mol. The zero-order chi connectivity index (χ0) is 11.3. The predicted molar refractivity (Wildman–Crippen MR) is 66.3 cm³/mol. The molecule has 1 aromatic rings. The molecule has 15 heavy (non-hydrogen) atoms. The van der Waals surface area contributed by atoms with Crippen LogP contribution >= 0.6 is 27.5 Å². The number of amides is 1. The molecule has 0 saturated carbocycles. The van der Waals surface area contributed by atoms with E-state index >= 15 is 0 Å². The molecule has 0 saturated heterocycles. The first-order chi connectivity index (χ1) is 7.13. The number of rotatable bonds is 4. The molecule has 5 heteroatoms. The van der Waals surface area contributed by atoms with Gasteiger partial charge in [-0.2, -0.15) is 0 Å². The number of nitrogens with one attached hydrogen (secondary N) is 2. The fourth-order valence-corrected chi connectivity index (χ4v) is 1.44. The second-order valence-corrected chi connectivity index (χ2v) is 4.22. The van der Waals surface area contributed by atoms with E-state index in [0.717, 1.165) is 11.0 Å². The lowest BCUT2D eigenvalue weighted by atomic mass is 10.3. The van der Waals surface area contributed by atoms with Crippen LogP contribution in [0.4, 0.5) is 5.69 Å². The van der Waals surface area contributed by atoms with Crippen molar-refractivity contribution in [3.8, 4) is 0 Å². The van der Waals surface area contributed by atoms with E-state index in [1.165, 1.54) is 0 Å². The van der Waals surface area contributed by atoms with Gasteiger partial charge in [0, 0.05) is 10.2 Å². The Morgan fingerprint density at radius 3 is 2.87 bits per heavy atom. The van der Waals surface area contributed by atoms with Crippen molar-refractivity contribution in [1.29, 1.82) is 0 Å². The van der Waals surface area contributed by atoms with E-state index in [0.29, 0.717) is 17.3 Å². The van der Waals surface area contributed by atoms with E-state index in [2.05, 4.69) is 26.6 Å². The van der Waals surface area contributed by atoms with Crippen LogP contribution in [-0.2, 0) is 4.79 Å². The van der Waals surface area contributed by atoms with Gasteiger partial charge < -0.3 is 10.6 Å². The van der Waals surface area contributed by atoms with Crippen molar-refractivity contribution in [3.63, 3.8) is 0 Å². The molecule has 0 bridgehead atoms. The molecule has 1 amide bonds. The van der Waals surface area contributed by atoms with Gasteiger partial charge in [0.25, 0.3) is 0 Å². The molecule has 0 fully saturated rings. The van der Waals surface area contributed by atoms with Crippen LogP contribution in [0.15, 0.2) is 22.7 Å². The number of benzene rings is 1. The number of anilines is 1. The zero-order valence-corrected chi connectivity index (χ0v) is 10.7. The van der Waals surface area contributed by atoms with E-state index in [9.17, 15) is 4.79 Å². The van der Waals surface area contributed by atoms with Crippen LogP contribution in [-0.4, -0.2) is 19.0 Å². The minimum absolute atomic E-state index is 0.0739. The molecule has 3 nitrogen and oxygen atoms in total. The van der Waals surface area contributed by atoms with E-state index in [-0.39, 0.29) is 5.91 Å². The lowest BCUT2D eigenvalue weighted by molar-refractivity contribution is -0.115. The summed E-state index contributed by atoms with van der Waals surface area (Å²) in [6, 6.07) is 5.29. The molecule has 1 rings (SSSR count). The maximum absolute atomic E-state index is 11.3. The summed E-state index contributed by atoms with van der Waals surface area (Å²) in [6.45, 7) is 3.03. The normalized spacial score (nSPS) is 10.1. The SMILES string of the molecule is CCNCC(=O)Nc1ccc(Br)c(Cl)c1. The number of hydrogen-bond acceptors (Lipinski definition) is 2. The Labute approximate surface area is 102 Å². The fraction of sp³-hybridized carbons (Fsp3) is 0.300. The Morgan fingerprint density at radius 1 is 1.53 bits per heavy atom. The summed E-state index contributed by atoms with van der Waals surface area (Å²) in [6.07, 6.45) is 0. The second kappa shape index (κ2) is 6.10. The molecule has 0 atom stereocenters. The van der Waals surface area contributed by atoms with Crippen LogP contribution in [0.2, 0.25) is 5.02 Å². The Kier molecular flexibility index (Phi) is 5.08. The third kappa shape index (κ3) is 4.20. The van der Waals surface area contributed by atoms with Crippen molar-refractivity contribution in [2.24, 2.45) is 0 Å². The minimum atomic E-state index is -0.0739. The van der Waals surface area contributed by atoms with Gasteiger partial charge >= 0.3 is 0 Å². The molecular formula is C10H12BrClN2O. The molecule has 2 N–H and O–H groups in total. The average Bonchev–Trinajstić information content (AvgIpc) is 2.20. The maximum atomic E-state index is 11.3. The van der Waals surface area contributed by atoms with Crippen molar-refractivity contribution < 1.29 is 4.79 Å². The monoisotopic (exact) mass is 290 g/mol.